The van der Waals surface area contributed by atoms with E-state index in [2.05, 4.69) is 41.5 Å². The predicted octanol–water partition coefficient (Wildman–Crippen LogP) is 5.08. The minimum absolute atomic E-state index is 1.33. The zero-order valence-electron chi connectivity index (χ0n) is 16.8. The van der Waals surface area contributed by atoms with Crippen LogP contribution in [0.1, 0.15) is 80.1 Å². The van der Waals surface area contributed by atoms with Crippen molar-refractivity contribution in [2.24, 2.45) is 0 Å². The van der Waals surface area contributed by atoms with Crippen molar-refractivity contribution in [3.05, 3.63) is 0 Å². The van der Waals surface area contributed by atoms with E-state index in [0.717, 1.165) is 0 Å². The summed E-state index contributed by atoms with van der Waals surface area (Å²) in [5, 5.41) is 0. The molecule has 0 spiro atoms. The van der Waals surface area contributed by atoms with Crippen molar-refractivity contribution in [2.45, 2.75) is 80.1 Å². The van der Waals surface area contributed by atoms with Crippen molar-refractivity contribution in [3.8, 4) is 0 Å². The molecule has 0 N–H and O–H groups in total. The maximum Gasteiger partial charge on any atom is 0.128 e. The maximum atomic E-state index is 2.37. The largest absolute Gasteiger partial charge is 0.319 e. The summed E-state index contributed by atoms with van der Waals surface area (Å²) in [6.45, 7) is 25.3. The Kier molecular flexibility index (Phi) is 12.3. The molecule has 2 heteroatoms. The molecule has 0 rings (SSSR count). The SMILES string of the molecule is CCC[N+](CCC)(CCC)CC[N+](CCC)(CCC)CCC. The molecule has 0 aromatic rings. The van der Waals surface area contributed by atoms with Crippen molar-refractivity contribution in [3.63, 3.8) is 0 Å². The number of hydrogen-bond acceptors (Lipinski definition) is 0. The van der Waals surface area contributed by atoms with Crippen LogP contribution in [-0.4, -0.2) is 61.3 Å². The lowest BCUT2D eigenvalue weighted by atomic mass is 10.1. The molecular formula is C20H46N2+2. The summed E-state index contributed by atoms with van der Waals surface area (Å²) in [5.74, 6) is 0. The van der Waals surface area contributed by atoms with E-state index in [1.807, 2.05) is 0 Å². The fourth-order valence-corrected chi connectivity index (χ4v) is 4.61. The normalized spacial score (nSPS) is 12.8. The summed E-state index contributed by atoms with van der Waals surface area (Å²) in [7, 11) is 0. The molecule has 0 radical (unpaired) electrons. The number of nitrogens with zero attached hydrogens (tertiary/aromatic N) is 2. The molecule has 0 aromatic heterocycles. The molecule has 0 amide bonds. The van der Waals surface area contributed by atoms with Crippen LogP contribution in [0.2, 0.25) is 0 Å². The van der Waals surface area contributed by atoms with Gasteiger partial charge in [-0.25, -0.2) is 0 Å². The second-order valence-electron chi connectivity index (χ2n) is 7.47. The Balaban J connectivity index is 5.04. The standard InChI is InChI=1S/C20H46N2/c1-7-13-21(14-8-2,15-9-3)19-20-22(16-10-4,17-11-5)18-12-6/h7-20H2,1-6H3/q+2. The quantitative estimate of drug-likeness (QED) is 0.370. The Bertz CT molecular complexity index is 190. The van der Waals surface area contributed by atoms with E-state index in [9.17, 15) is 0 Å². The van der Waals surface area contributed by atoms with Crippen LogP contribution < -0.4 is 0 Å². The van der Waals surface area contributed by atoms with Gasteiger partial charge >= 0.3 is 0 Å². The van der Waals surface area contributed by atoms with E-state index >= 15 is 0 Å². The molecule has 0 heterocycles. The highest BCUT2D eigenvalue weighted by molar-refractivity contribution is 4.50. The third-order valence-electron chi connectivity index (χ3n) is 5.24. The maximum absolute atomic E-state index is 2.37. The third kappa shape index (κ3) is 7.46. The number of hydrogen-bond donors (Lipinski definition) is 0. The topological polar surface area (TPSA) is 0 Å². The molecule has 0 aromatic carbocycles. The summed E-state index contributed by atoms with van der Waals surface area (Å²) in [4.78, 5) is 0. The van der Waals surface area contributed by atoms with Crippen LogP contribution in [0.4, 0.5) is 0 Å². The molecule has 0 fully saturated rings. The Morgan fingerprint density at radius 2 is 0.500 bits per heavy atom. The molecule has 0 aliphatic heterocycles. The van der Waals surface area contributed by atoms with Crippen LogP contribution >= 0.6 is 0 Å². The van der Waals surface area contributed by atoms with Gasteiger partial charge in [-0.2, -0.15) is 0 Å². The van der Waals surface area contributed by atoms with Gasteiger partial charge in [0, 0.05) is 0 Å². The van der Waals surface area contributed by atoms with E-state index in [1.165, 1.54) is 99.8 Å². The number of rotatable bonds is 15. The van der Waals surface area contributed by atoms with Gasteiger partial charge < -0.3 is 8.97 Å². The van der Waals surface area contributed by atoms with Crippen LogP contribution in [0.15, 0.2) is 0 Å². The van der Waals surface area contributed by atoms with E-state index in [1.54, 1.807) is 0 Å². The van der Waals surface area contributed by atoms with Gasteiger partial charge in [0.1, 0.15) is 13.1 Å². The van der Waals surface area contributed by atoms with Gasteiger partial charge in [-0.1, -0.05) is 41.5 Å². The molecule has 2 nitrogen and oxygen atoms in total. The first-order valence-corrected chi connectivity index (χ1v) is 10.3. The first-order chi connectivity index (χ1) is 10.6. The van der Waals surface area contributed by atoms with Gasteiger partial charge in [-0.3, -0.25) is 0 Å². The molecule has 0 bridgehead atoms. The Morgan fingerprint density at radius 1 is 0.318 bits per heavy atom. The average molecular weight is 315 g/mol. The fraction of sp³-hybridized carbons (Fsp3) is 1.00. The molecule has 0 atom stereocenters. The fourth-order valence-electron chi connectivity index (χ4n) is 4.61. The van der Waals surface area contributed by atoms with Gasteiger partial charge in [0.25, 0.3) is 0 Å². The number of quaternary nitrogens is 2. The lowest BCUT2D eigenvalue weighted by Gasteiger charge is -2.44. The Hall–Kier alpha value is -0.0800. The molecule has 0 aliphatic rings. The highest BCUT2D eigenvalue weighted by Gasteiger charge is 2.32. The minimum atomic E-state index is 1.33. The van der Waals surface area contributed by atoms with Gasteiger partial charge in [0.05, 0.1) is 39.3 Å². The summed E-state index contributed by atoms with van der Waals surface area (Å²) in [6.07, 6.45) is 7.97. The monoisotopic (exact) mass is 314 g/mol. The lowest BCUT2D eigenvalue weighted by molar-refractivity contribution is -0.981. The van der Waals surface area contributed by atoms with Crippen molar-refractivity contribution in [2.75, 3.05) is 52.4 Å². The molecule has 0 saturated heterocycles. The molecule has 0 saturated carbocycles. The highest BCUT2D eigenvalue weighted by atomic mass is 15.4. The third-order valence-corrected chi connectivity index (χ3v) is 5.24. The van der Waals surface area contributed by atoms with E-state index in [4.69, 9.17) is 0 Å². The summed E-state index contributed by atoms with van der Waals surface area (Å²) >= 11 is 0. The van der Waals surface area contributed by atoms with Crippen molar-refractivity contribution in [1.82, 2.24) is 0 Å². The molecular weight excluding hydrogens is 268 g/mol. The van der Waals surface area contributed by atoms with Crippen molar-refractivity contribution < 1.29 is 8.97 Å². The Morgan fingerprint density at radius 3 is 0.636 bits per heavy atom. The zero-order valence-corrected chi connectivity index (χ0v) is 16.8. The molecule has 0 aliphatic carbocycles. The predicted molar refractivity (Wildman–Crippen MR) is 101 cm³/mol. The molecule has 22 heavy (non-hydrogen) atoms. The highest BCUT2D eigenvalue weighted by Crippen LogP contribution is 2.17. The van der Waals surface area contributed by atoms with E-state index < -0.39 is 0 Å². The van der Waals surface area contributed by atoms with Gasteiger partial charge in [0.2, 0.25) is 0 Å². The van der Waals surface area contributed by atoms with Crippen molar-refractivity contribution >= 4 is 0 Å². The van der Waals surface area contributed by atoms with Crippen LogP contribution in [0, 0.1) is 0 Å². The van der Waals surface area contributed by atoms with Gasteiger partial charge in [0.15, 0.2) is 0 Å². The summed E-state index contributed by atoms with van der Waals surface area (Å²) < 4.78 is 2.75. The van der Waals surface area contributed by atoms with Gasteiger partial charge in [-0.15, -0.1) is 0 Å². The van der Waals surface area contributed by atoms with Crippen LogP contribution in [0.5, 0.6) is 0 Å². The second-order valence-corrected chi connectivity index (χ2v) is 7.47. The van der Waals surface area contributed by atoms with Crippen molar-refractivity contribution in [1.29, 1.82) is 0 Å². The summed E-state index contributed by atoms with van der Waals surface area (Å²) in [5.41, 5.74) is 0. The Labute approximate surface area is 142 Å². The average Bonchev–Trinajstić information content (AvgIpc) is 2.47. The second kappa shape index (κ2) is 12.4. The molecule has 134 valence electrons. The first kappa shape index (κ1) is 21.9. The van der Waals surface area contributed by atoms with Gasteiger partial charge in [-0.05, 0) is 38.5 Å². The molecule has 0 unspecified atom stereocenters. The van der Waals surface area contributed by atoms with Crippen LogP contribution in [-0.2, 0) is 0 Å². The summed E-state index contributed by atoms with van der Waals surface area (Å²) in [6, 6.07) is 0. The smallest absolute Gasteiger partial charge is 0.128 e. The lowest BCUT2D eigenvalue weighted by Crippen LogP contribution is -2.59. The minimum Gasteiger partial charge on any atom is -0.319 e. The van der Waals surface area contributed by atoms with E-state index in [0.29, 0.717) is 0 Å². The van der Waals surface area contributed by atoms with E-state index in [-0.39, 0.29) is 0 Å². The zero-order chi connectivity index (χ0) is 16.9. The van der Waals surface area contributed by atoms with Crippen LogP contribution in [0.25, 0.3) is 0 Å². The van der Waals surface area contributed by atoms with Crippen LogP contribution in [0.3, 0.4) is 0 Å². The first-order valence-electron chi connectivity index (χ1n) is 10.3.